The van der Waals surface area contributed by atoms with Crippen LogP contribution in [0.4, 0.5) is 11.6 Å². The lowest BCUT2D eigenvalue weighted by molar-refractivity contribution is 0.254. The van der Waals surface area contributed by atoms with Crippen LogP contribution in [-0.2, 0) is 0 Å². The Morgan fingerprint density at radius 1 is 1.24 bits per heavy atom. The predicted octanol–water partition coefficient (Wildman–Crippen LogP) is 0.732. The fourth-order valence-corrected chi connectivity index (χ4v) is 3.04. The largest absolute Gasteiger partial charge is 0.382 e. The van der Waals surface area contributed by atoms with Crippen molar-refractivity contribution in [3.8, 4) is 0 Å². The lowest BCUT2D eigenvalue weighted by Gasteiger charge is -2.26. The molecule has 2 aliphatic heterocycles. The number of nitrogens with zero attached hydrogens (tertiary/aromatic N) is 4. The van der Waals surface area contributed by atoms with Gasteiger partial charge in [-0.3, -0.25) is 9.88 Å². The molecule has 3 rings (SSSR count). The summed E-state index contributed by atoms with van der Waals surface area (Å²) in [4.78, 5) is 13.3. The summed E-state index contributed by atoms with van der Waals surface area (Å²) in [5.74, 6) is 1.43. The number of anilines is 2. The fourth-order valence-electron chi connectivity index (χ4n) is 3.04. The Balaban J connectivity index is 1.81. The molecule has 0 saturated carbocycles. The van der Waals surface area contributed by atoms with Crippen LogP contribution in [0.3, 0.4) is 0 Å². The zero-order valence-corrected chi connectivity index (χ0v) is 10.2. The van der Waals surface area contributed by atoms with Crippen molar-refractivity contribution in [1.29, 1.82) is 0 Å². The van der Waals surface area contributed by atoms with Crippen LogP contribution in [0.2, 0.25) is 0 Å². The van der Waals surface area contributed by atoms with Crippen LogP contribution in [0.5, 0.6) is 0 Å². The summed E-state index contributed by atoms with van der Waals surface area (Å²) in [5.41, 5.74) is 5.70. The first kappa shape index (κ1) is 10.8. The molecule has 0 radical (unpaired) electrons. The molecule has 2 saturated heterocycles. The van der Waals surface area contributed by atoms with Gasteiger partial charge in [0.1, 0.15) is 11.6 Å². The molecule has 2 N–H and O–H groups in total. The minimum Gasteiger partial charge on any atom is -0.382 e. The molecule has 0 aliphatic carbocycles. The third-order valence-electron chi connectivity index (χ3n) is 4.11. The monoisotopic (exact) mass is 233 g/mol. The summed E-state index contributed by atoms with van der Waals surface area (Å²) in [5, 5.41) is 0. The lowest BCUT2D eigenvalue weighted by atomic mass is 10.1. The smallest absolute Gasteiger partial charge is 0.149 e. The normalized spacial score (nSPS) is 29.4. The van der Waals surface area contributed by atoms with Gasteiger partial charge < -0.3 is 10.6 Å². The van der Waals surface area contributed by atoms with E-state index in [2.05, 4.69) is 26.8 Å². The molecule has 0 amide bonds. The van der Waals surface area contributed by atoms with Crippen LogP contribution < -0.4 is 10.6 Å². The first-order valence-electron chi connectivity index (χ1n) is 6.28. The van der Waals surface area contributed by atoms with Gasteiger partial charge in [-0.1, -0.05) is 0 Å². The Labute approximate surface area is 102 Å². The van der Waals surface area contributed by atoms with Crippen LogP contribution in [-0.4, -0.2) is 47.1 Å². The molecule has 1 aromatic heterocycles. The van der Waals surface area contributed by atoms with Gasteiger partial charge >= 0.3 is 0 Å². The van der Waals surface area contributed by atoms with E-state index in [1.807, 2.05) is 6.20 Å². The predicted molar refractivity (Wildman–Crippen MR) is 67.8 cm³/mol. The van der Waals surface area contributed by atoms with E-state index >= 15 is 0 Å². The summed E-state index contributed by atoms with van der Waals surface area (Å²) in [7, 11) is 2.25. The summed E-state index contributed by atoms with van der Waals surface area (Å²) in [6, 6.07) is 1.41. The molecule has 17 heavy (non-hydrogen) atoms. The average molecular weight is 233 g/mol. The van der Waals surface area contributed by atoms with E-state index in [0.717, 1.165) is 24.9 Å². The molecule has 2 unspecified atom stereocenters. The minimum absolute atomic E-state index is 0.505. The summed E-state index contributed by atoms with van der Waals surface area (Å²) in [6.07, 6.45) is 7.27. The number of rotatable bonds is 1. The van der Waals surface area contributed by atoms with E-state index in [9.17, 15) is 0 Å². The zero-order chi connectivity index (χ0) is 11.8. The maximum absolute atomic E-state index is 5.70. The number of hydrogen-bond acceptors (Lipinski definition) is 5. The fraction of sp³-hybridized carbons (Fsp3) is 0.667. The van der Waals surface area contributed by atoms with Gasteiger partial charge in [0.2, 0.25) is 0 Å². The molecular formula is C12H19N5. The van der Waals surface area contributed by atoms with E-state index in [4.69, 9.17) is 5.73 Å². The molecule has 2 atom stereocenters. The molecular weight excluding hydrogens is 214 g/mol. The van der Waals surface area contributed by atoms with Gasteiger partial charge in [-0.05, 0) is 26.3 Å². The highest BCUT2D eigenvalue weighted by Gasteiger charge is 2.34. The Kier molecular flexibility index (Phi) is 2.63. The lowest BCUT2D eigenvalue weighted by Crippen LogP contribution is -2.37. The standard InChI is InChI=1S/C12H19N5/c1-16-9-2-3-10(16)8-17(5-4-9)12-7-14-6-11(13)15-12/h6-7,9-10H,2-5,8H2,1H3,(H2,13,15). The third-order valence-corrected chi connectivity index (χ3v) is 4.11. The Bertz CT molecular complexity index is 408. The van der Waals surface area contributed by atoms with Crippen molar-refractivity contribution in [3.63, 3.8) is 0 Å². The average Bonchev–Trinajstić information content (AvgIpc) is 2.53. The van der Waals surface area contributed by atoms with Crippen molar-refractivity contribution in [2.24, 2.45) is 0 Å². The quantitative estimate of drug-likeness (QED) is 0.775. The van der Waals surface area contributed by atoms with Gasteiger partial charge in [-0.25, -0.2) is 4.98 Å². The first-order chi connectivity index (χ1) is 8.24. The Morgan fingerprint density at radius 2 is 2.06 bits per heavy atom. The van der Waals surface area contributed by atoms with Crippen molar-refractivity contribution >= 4 is 11.6 Å². The topological polar surface area (TPSA) is 58.3 Å². The van der Waals surface area contributed by atoms with E-state index < -0.39 is 0 Å². The highest BCUT2D eigenvalue weighted by Crippen LogP contribution is 2.29. The molecule has 2 aliphatic rings. The molecule has 5 heteroatoms. The van der Waals surface area contributed by atoms with Gasteiger partial charge in [0.05, 0.1) is 12.4 Å². The van der Waals surface area contributed by atoms with Crippen LogP contribution in [0, 0.1) is 0 Å². The number of aromatic nitrogens is 2. The number of hydrogen-bond donors (Lipinski definition) is 1. The van der Waals surface area contributed by atoms with Gasteiger partial charge in [0.15, 0.2) is 0 Å². The third kappa shape index (κ3) is 1.95. The molecule has 0 aromatic carbocycles. The number of likely N-dealkylation sites (N-methyl/N-ethyl adjacent to an activating group) is 1. The van der Waals surface area contributed by atoms with Gasteiger partial charge in [-0.2, -0.15) is 0 Å². The second-order valence-corrected chi connectivity index (χ2v) is 5.09. The van der Waals surface area contributed by atoms with Crippen LogP contribution >= 0.6 is 0 Å². The Morgan fingerprint density at radius 3 is 2.88 bits per heavy atom. The first-order valence-corrected chi connectivity index (χ1v) is 6.28. The second-order valence-electron chi connectivity index (χ2n) is 5.09. The number of nitrogens with two attached hydrogens (primary N) is 1. The van der Waals surface area contributed by atoms with Crippen molar-refractivity contribution < 1.29 is 0 Å². The van der Waals surface area contributed by atoms with Crippen molar-refractivity contribution in [3.05, 3.63) is 12.4 Å². The molecule has 2 bridgehead atoms. The van der Waals surface area contributed by atoms with Gasteiger partial charge in [0.25, 0.3) is 0 Å². The highest BCUT2D eigenvalue weighted by atomic mass is 15.3. The number of nitrogen functional groups attached to an aromatic ring is 1. The number of fused-ring (bicyclic) bond motifs is 2. The zero-order valence-electron chi connectivity index (χ0n) is 10.2. The van der Waals surface area contributed by atoms with E-state index in [1.165, 1.54) is 19.3 Å². The van der Waals surface area contributed by atoms with E-state index in [-0.39, 0.29) is 0 Å². The van der Waals surface area contributed by atoms with Crippen molar-refractivity contribution in [1.82, 2.24) is 14.9 Å². The molecule has 92 valence electrons. The van der Waals surface area contributed by atoms with Crippen molar-refractivity contribution in [2.75, 3.05) is 30.8 Å². The molecule has 0 spiro atoms. The summed E-state index contributed by atoms with van der Waals surface area (Å²) in [6.45, 7) is 2.11. The molecule has 1 aromatic rings. The van der Waals surface area contributed by atoms with Gasteiger partial charge in [-0.15, -0.1) is 0 Å². The van der Waals surface area contributed by atoms with Crippen LogP contribution in [0.25, 0.3) is 0 Å². The SMILES string of the molecule is CN1C2CCC1CN(c1cncc(N)n1)CC2. The highest BCUT2D eigenvalue weighted by molar-refractivity contribution is 5.42. The maximum Gasteiger partial charge on any atom is 0.149 e. The summed E-state index contributed by atoms with van der Waals surface area (Å²) >= 11 is 0. The summed E-state index contributed by atoms with van der Waals surface area (Å²) < 4.78 is 0. The van der Waals surface area contributed by atoms with Crippen LogP contribution in [0.15, 0.2) is 12.4 Å². The molecule has 3 heterocycles. The van der Waals surface area contributed by atoms with Gasteiger partial charge in [0, 0.05) is 25.2 Å². The Hall–Kier alpha value is -1.36. The van der Waals surface area contributed by atoms with E-state index in [1.54, 1.807) is 6.20 Å². The van der Waals surface area contributed by atoms with Crippen LogP contribution in [0.1, 0.15) is 19.3 Å². The van der Waals surface area contributed by atoms with Crippen molar-refractivity contribution in [2.45, 2.75) is 31.3 Å². The maximum atomic E-state index is 5.70. The second kappa shape index (κ2) is 4.14. The molecule has 5 nitrogen and oxygen atoms in total. The molecule has 2 fully saturated rings. The minimum atomic E-state index is 0.505. The van der Waals surface area contributed by atoms with E-state index in [0.29, 0.717) is 11.9 Å².